The first-order valence-electron chi connectivity index (χ1n) is 5.59. The Balaban J connectivity index is 1.87. The zero-order chi connectivity index (χ0) is 13.2. The lowest BCUT2D eigenvalue weighted by molar-refractivity contribution is 0.102. The number of amides is 1. The van der Waals surface area contributed by atoms with Gasteiger partial charge in [0.25, 0.3) is 5.91 Å². The summed E-state index contributed by atoms with van der Waals surface area (Å²) in [5.74, 6) is -0.0946. The Kier molecular flexibility index (Phi) is 2.89. The van der Waals surface area contributed by atoms with E-state index < -0.39 is 0 Å². The van der Waals surface area contributed by atoms with Crippen molar-refractivity contribution < 1.29 is 4.79 Å². The second-order valence-corrected chi connectivity index (χ2v) is 4.32. The van der Waals surface area contributed by atoms with Crippen LogP contribution in [0, 0.1) is 0 Å². The molecule has 0 fully saturated rings. The van der Waals surface area contributed by atoms with Crippen LogP contribution in [0.5, 0.6) is 0 Å². The van der Waals surface area contributed by atoms with Gasteiger partial charge in [-0.1, -0.05) is 17.7 Å². The number of rotatable bonds is 2. The van der Waals surface area contributed by atoms with Gasteiger partial charge in [-0.05, 0) is 29.7 Å². The summed E-state index contributed by atoms with van der Waals surface area (Å²) in [7, 11) is 0. The van der Waals surface area contributed by atoms with Gasteiger partial charge in [0.15, 0.2) is 0 Å². The number of carbonyl (C=O) groups is 1. The molecule has 6 heteroatoms. The Morgan fingerprint density at radius 1 is 1.26 bits per heavy atom. The highest BCUT2D eigenvalue weighted by Crippen LogP contribution is 2.15. The van der Waals surface area contributed by atoms with Gasteiger partial charge in [-0.3, -0.25) is 10.1 Å². The average Bonchev–Trinajstić information content (AvgIpc) is 2.85. The third-order valence-corrected chi connectivity index (χ3v) is 2.87. The van der Waals surface area contributed by atoms with Gasteiger partial charge in [0.1, 0.15) is 5.15 Å². The Morgan fingerprint density at radius 2 is 2.16 bits per heavy atom. The summed E-state index contributed by atoms with van der Waals surface area (Å²) >= 11 is 5.73. The molecule has 94 valence electrons. The van der Waals surface area contributed by atoms with Gasteiger partial charge in [-0.2, -0.15) is 0 Å². The lowest BCUT2D eigenvalue weighted by Crippen LogP contribution is -2.14. The molecule has 19 heavy (non-hydrogen) atoms. The summed E-state index contributed by atoms with van der Waals surface area (Å²) < 4.78 is 0. The van der Waals surface area contributed by atoms with Crippen molar-refractivity contribution in [2.24, 2.45) is 0 Å². The van der Waals surface area contributed by atoms with E-state index in [1.807, 2.05) is 18.3 Å². The number of benzene rings is 1. The molecule has 1 aromatic carbocycles. The standard InChI is InChI=1S/C13H9ClN4O/c14-11-4-6-16-13(17-11)18-12(19)9-2-1-8-3-5-15-10(8)7-9/h1-7,15H,(H,16,17,18,19). The van der Waals surface area contributed by atoms with E-state index in [2.05, 4.69) is 20.3 Å². The fourth-order valence-corrected chi connectivity index (χ4v) is 1.90. The van der Waals surface area contributed by atoms with Crippen LogP contribution in [0.3, 0.4) is 0 Å². The number of halogens is 1. The van der Waals surface area contributed by atoms with E-state index in [1.54, 1.807) is 18.2 Å². The first-order valence-corrected chi connectivity index (χ1v) is 5.97. The number of aromatic nitrogens is 3. The van der Waals surface area contributed by atoms with Gasteiger partial charge >= 0.3 is 0 Å². The smallest absolute Gasteiger partial charge is 0.258 e. The van der Waals surface area contributed by atoms with E-state index in [0.717, 1.165) is 10.9 Å². The molecule has 0 aliphatic heterocycles. The fraction of sp³-hybridized carbons (Fsp3) is 0. The number of fused-ring (bicyclic) bond motifs is 1. The number of nitrogens with one attached hydrogen (secondary N) is 2. The zero-order valence-electron chi connectivity index (χ0n) is 9.72. The summed E-state index contributed by atoms with van der Waals surface area (Å²) in [6, 6.07) is 8.88. The van der Waals surface area contributed by atoms with Crippen LogP contribution >= 0.6 is 11.6 Å². The Morgan fingerprint density at radius 3 is 3.00 bits per heavy atom. The van der Waals surface area contributed by atoms with Crippen molar-refractivity contribution in [1.82, 2.24) is 15.0 Å². The van der Waals surface area contributed by atoms with Crippen LogP contribution in [0.4, 0.5) is 5.95 Å². The number of hydrogen-bond acceptors (Lipinski definition) is 3. The number of hydrogen-bond donors (Lipinski definition) is 2. The topological polar surface area (TPSA) is 70.7 Å². The summed E-state index contributed by atoms with van der Waals surface area (Å²) in [4.78, 5) is 22.9. The van der Waals surface area contributed by atoms with E-state index in [1.165, 1.54) is 6.20 Å². The summed E-state index contributed by atoms with van der Waals surface area (Å²) in [5, 5.41) is 3.93. The fourth-order valence-electron chi connectivity index (χ4n) is 1.76. The van der Waals surface area contributed by atoms with Crippen molar-refractivity contribution in [1.29, 1.82) is 0 Å². The maximum Gasteiger partial charge on any atom is 0.258 e. The van der Waals surface area contributed by atoms with Crippen LogP contribution in [0.2, 0.25) is 5.15 Å². The molecule has 3 rings (SSSR count). The lowest BCUT2D eigenvalue weighted by atomic mass is 10.1. The van der Waals surface area contributed by atoms with Crippen LogP contribution in [-0.2, 0) is 0 Å². The lowest BCUT2D eigenvalue weighted by Gasteiger charge is -2.03. The molecule has 0 aliphatic rings. The van der Waals surface area contributed by atoms with E-state index in [4.69, 9.17) is 11.6 Å². The van der Waals surface area contributed by atoms with E-state index in [0.29, 0.717) is 5.56 Å². The summed E-state index contributed by atoms with van der Waals surface area (Å²) in [5.41, 5.74) is 1.43. The molecule has 2 N–H and O–H groups in total. The highest BCUT2D eigenvalue weighted by molar-refractivity contribution is 6.29. The Bertz CT molecular complexity index is 753. The number of aromatic amines is 1. The minimum absolute atomic E-state index is 0.184. The molecule has 1 amide bonds. The average molecular weight is 273 g/mol. The van der Waals surface area contributed by atoms with E-state index in [9.17, 15) is 4.79 Å². The molecule has 0 radical (unpaired) electrons. The van der Waals surface area contributed by atoms with Crippen molar-refractivity contribution in [3.8, 4) is 0 Å². The van der Waals surface area contributed by atoms with Gasteiger partial charge in [-0.25, -0.2) is 9.97 Å². The molecule has 0 unspecified atom stereocenters. The predicted octanol–water partition coefficient (Wildman–Crippen LogP) is 2.86. The number of H-pyrrole nitrogens is 1. The molecule has 0 aliphatic carbocycles. The van der Waals surface area contributed by atoms with Crippen LogP contribution in [0.15, 0.2) is 42.7 Å². The van der Waals surface area contributed by atoms with Crippen LogP contribution < -0.4 is 5.32 Å². The highest BCUT2D eigenvalue weighted by atomic mass is 35.5. The van der Waals surface area contributed by atoms with Gasteiger partial charge in [0, 0.05) is 23.5 Å². The van der Waals surface area contributed by atoms with Gasteiger partial charge in [0.2, 0.25) is 5.95 Å². The Labute approximate surface area is 113 Å². The van der Waals surface area contributed by atoms with Gasteiger partial charge in [0.05, 0.1) is 0 Å². The second kappa shape index (κ2) is 4.70. The molecule has 0 saturated heterocycles. The summed E-state index contributed by atoms with van der Waals surface area (Å²) in [6.45, 7) is 0. The van der Waals surface area contributed by atoms with Crippen LogP contribution in [0.1, 0.15) is 10.4 Å². The predicted molar refractivity (Wildman–Crippen MR) is 73.3 cm³/mol. The van der Waals surface area contributed by atoms with Crippen molar-refractivity contribution in [2.75, 3.05) is 5.32 Å². The molecule has 3 aromatic rings. The molecule has 2 aromatic heterocycles. The minimum atomic E-state index is -0.279. The maximum absolute atomic E-state index is 12.0. The SMILES string of the molecule is O=C(Nc1nccc(Cl)n1)c1ccc2cc[nH]c2c1. The third-order valence-electron chi connectivity index (χ3n) is 2.66. The largest absolute Gasteiger partial charge is 0.361 e. The quantitative estimate of drug-likeness (QED) is 0.705. The van der Waals surface area contributed by atoms with E-state index in [-0.39, 0.29) is 17.0 Å². The number of carbonyl (C=O) groups excluding carboxylic acids is 1. The molecule has 0 atom stereocenters. The molecule has 0 spiro atoms. The second-order valence-electron chi connectivity index (χ2n) is 3.94. The van der Waals surface area contributed by atoms with E-state index >= 15 is 0 Å². The molecule has 5 nitrogen and oxygen atoms in total. The first-order chi connectivity index (χ1) is 9.22. The monoisotopic (exact) mass is 272 g/mol. The van der Waals surface area contributed by atoms with Crippen LogP contribution in [-0.4, -0.2) is 20.9 Å². The highest BCUT2D eigenvalue weighted by Gasteiger charge is 2.09. The van der Waals surface area contributed by atoms with Gasteiger partial charge < -0.3 is 4.98 Å². The van der Waals surface area contributed by atoms with Crippen molar-refractivity contribution in [3.63, 3.8) is 0 Å². The molecule has 0 saturated carbocycles. The third kappa shape index (κ3) is 2.41. The van der Waals surface area contributed by atoms with Crippen molar-refractivity contribution in [2.45, 2.75) is 0 Å². The van der Waals surface area contributed by atoms with Gasteiger partial charge in [-0.15, -0.1) is 0 Å². The molecule has 0 bridgehead atoms. The molecule has 2 heterocycles. The molecular formula is C13H9ClN4O. The Hall–Kier alpha value is -2.40. The molecular weight excluding hydrogens is 264 g/mol. The minimum Gasteiger partial charge on any atom is -0.361 e. The number of nitrogens with zero attached hydrogens (tertiary/aromatic N) is 2. The normalized spacial score (nSPS) is 10.6. The van der Waals surface area contributed by atoms with Crippen molar-refractivity contribution in [3.05, 3.63) is 53.4 Å². The zero-order valence-corrected chi connectivity index (χ0v) is 10.5. The summed E-state index contributed by atoms with van der Waals surface area (Å²) in [6.07, 6.45) is 3.31. The maximum atomic E-state index is 12.0. The number of anilines is 1. The first kappa shape index (κ1) is 11.7. The van der Waals surface area contributed by atoms with Crippen LogP contribution in [0.25, 0.3) is 10.9 Å². The van der Waals surface area contributed by atoms with Crippen molar-refractivity contribution >= 4 is 34.4 Å².